The first kappa shape index (κ1) is 28.2. The standard InChI is InChI=1S/C33H35ClN2O3S/c1-6-35-27-14-21(2)22(3)15-29(27)40-31(35)17-24-16-23(19-33(4,5)20-24)8-7-9-30-36(13-12-32(37)38)26-18-25(34)10-11-28(26)39-30/h7-11,14-18H,6,12-13,19-20H2,1-5H3/p+1. The van der Waals surface area contributed by atoms with Gasteiger partial charge in [-0.05, 0) is 91.6 Å². The van der Waals surface area contributed by atoms with Gasteiger partial charge in [0.25, 0.3) is 5.01 Å². The molecular weight excluding hydrogens is 540 g/mol. The van der Waals surface area contributed by atoms with E-state index in [0.29, 0.717) is 23.2 Å². The summed E-state index contributed by atoms with van der Waals surface area (Å²) in [6.07, 6.45) is 12.7. The highest BCUT2D eigenvalue weighted by Crippen LogP contribution is 2.42. The molecule has 5 nitrogen and oxygen atoms in total. The summed E-state index contributed by atoms with van der Waals surface area (Å²) in [7, 11) is 0. The highest BCUT2D eigenvalue weighted by molar-refractivity contribution is 7.18. The topological polar surface area (TPSA) is 53.7 Å². The van der Waals surface area contributed by atoms with Crippen LogP contribution in [0, 0.1) is 19.3 Å². The van der Waals surface area contributed by atoms with Crippen LogP contribution in [0.3, 0.4) is 0 Å². The van der Waals surface area contributed by atoms with Crippen LogP contribution in [0.5, 0.6) is 5.75 Å². The van der Waals surface area contributed by atoms with E-state index in [9.17, 15) is 9.90 Å². The van der Waals surface area contributed by atoms with E-state index in [-0.39, 0.29) is 11.8 Å². The van der Waals surface area contributed by atoms with E-state index in [1.54, 1.807) is 6.07 Å². The van der Waals surface area contributed by atoms with Gasteiger partial charge in [0.2, 0.25) is 11.4 Å². The molecule has 2 aromatic carbocycles. The molecule has 2 heterocycles. The Bertz CT molecular complexity index is 1610. The first-order valence-electron chi connectivity index (χ1n) is 13.7. The molecule has 1 N–H and O–H groups in total. The van der Waals surface area contributed by atoms with Crippen molar-refractivity contribution in [1.29, 1.82) is 0 Å². The third kappa shape index (κ3) is 6.03. The SMILES string of the molecule is CC[n+]1c(C=C2C=C(C=CC=C3Oc4ccc(Cl)cc4N3CCC(=O)O)CC(C)(C)C2)sc2cc(C)c(C)cc21. The summed E-state index contributed by atoms with van der Waals surface area (Å²) in [5.74, 6) is 0.421. The number of carboxylic acids is 1. The molecule has 3 aromatic rings. The molecule has 0 atom stereocenters. The van der Waals surface area contributed by atoms with E-state index in [4.69, 9.17) is 16.3 Å². The van der Waals surface area contributed by atoms with E-state index in [2.05, 4.69) is 69.5 Å². The fourth-order valence-corrected chi connectivity index (χ4v) is 6.99. The molecule has 5 rings (SSSR count). The minimum absolute atomic E-state index is 0.00150. The van der Waals surface area contributed by atoms with Crippen LogP contribution < -0.4 is 14.2 Å². The summed E-state index contributed by atoms with van der Waals surface area (Å²) in [5, 5.41) is 11.1. The third-order valence-corrected chi connectivity index (χ3v) is 8.83. The molecule has 0 unspecified atom stereocenters. The fourth-order valence-electron chi connectivity index (χ4n) is 5.54. The molecular formula is C33H36ClN2O3S+. The Morgan fingerprint density at radius 2 is 1.98 bits per heavy atom. The van der Waals surface area contributed by atoms with Gasteiger partial charge < -0.3 is 14.7 Å². The van der Waals surface area contributed by atoms with E-state index in [1.165, 1.54) is 37.5 Å². The maximum absolute atomic E-state index is 11.3. The number of carbonyl (C=O) groups is 1. The first-order valence-corrected chi connectivity index (χ1v) is 14.9. The minimum atomic E-state index is -0.854. The Morgan fingerprint density at radius 3 is 2.73 bits per heavy atom. The summed E-state index contributed by atoms with van der Waals surface area (Å²) in [4.78, 5) is 13.1. The number of hydrogen-bond donors (Lipinski definition) is 1. The molecule has 1 aliphatic heterocycles. The Hall–Kier alpha value is -3.35. The summed E-state index contributed by atoms with van der Waals surface area (Å²) in [5.41, 5.74) is 7.47. The van der Waals surface area contributed by atoms with Crippen LogP contribution in [0.1, 0.15) is 56.2 Å². The first-order chi connectivity index (χ1) is 19.0. The Labute approximate surface area is 245 Å². The second kappa shape index (κ2) is 11.3. The van der Waals surface area contributed by atoms with Crippen LogP contribution >= 0.6 is 22.9 Å². The zero-order chi connectivity index (χ0) is 28.6. The number of anilines is 1. The molecule has 0 spiro atoms. The Kier molecular flexibility index (Phi) is 7.94. The van der Waals surface area contributed by atoms with Gasteiger partial charge in [0.05, 0.1) is 12.1 Å². The van der Waals surface area contributed by atoms with Crippen molar-refractivity contribution in [1.82, 2.24) is 0 Å². The minimum Gasteiger partial charge on any atom is -0.481 e. The summed E-state index contributed by atoms with van der Waals surface area (Å²) in [6.45, 7) is 12.4. The normalized spacial score (nSPS) is 18.6. The van der Waals surface area contributed by atoms with Crippen LogP contribution in [0.2, 0.25) is 5.02 Å². The van der Waals surface area contributed by atoms with Crippen molar-refractivity contribution in [2.75, 3.05) is 11.4 Å². The van der Waals surface area contributed by atoms with Gasteiger partial charge in [-0.3, -0.25) is 4.79 Å². The van der Waals surface area contributed by atoms with Gasteiger partial charge in [-0.25, -0.2) is 0 Å². The number of carboxylic acid groups (broad SMARTS) is 1. The van der Waals surface area contributed by atoms with Crippen molar-refractivity contribution in [3.63, 3.8) is 0 Å². The van der Waals surface area contributed by atoms with Crippen LogP contribution in [0.25, 0.3) is 16.3 Å². The number of fused-ring (bicyclic) bond motifs is 2. The van der Waals surface area contributed by atoms with Gasteiger partial charge in [-0.1, -0.05) is 55.0 Å². The number of hydrogen-bond acceptors (Lipinski definition) is 4. The number of ether oxygens (including phenoxy) is 1. The van der Waals surface area contributed by atoms with Crippen molar-refractivity contribution in [2.24, 2.45) is 5.41 Å². The second-order valence-electron chi connectivity index (χ2n) is 11.4. The number of nitrogens with zero attached hydrogens (tertiary/aromatic N) is 2. The molecule has 0 amide bonds. The van der Waals surface area contributed by atoms with Crippen LogP contribution in [0.4, 0.5) is 5.69 Å². The molecule has 0 fully saturated rings. The number of aromatic nitrogens is 1. The van der Waals surface area contributed by atoms with Crippen LogP contribution in [-0.2, 0) is 11.3 Å². The lowest BCUT2D eigenvalue weighted by Gasteiger charge is -2.30. The smallest absolute Gasteiger partial charge is 0.305 e. The van der Waals surface area contributed by atoms with E-state index in [1.807, 2.05) is 40.5 Å². The van der Waals surface area contributed by atoms with Gasteiger partial charge in [0.15, 0.2) is 5.75 Å². The van der Waals surface area contributed by atoms with Crippen molar-refractivity contribution in [3.8, 4) is 5.75 Å². The van der Waals surface area contributed by atoms with Gasteiger partial charge in [0.1, 0.15) is 11.2 Å². The monoisotopic (exact) mass is 575 g/mol. The maximum Gasteiger partial charge on any atom is 0.305 e. The zero-order valence-electron chi connectivity index (χ0n) is 23.8. The molecule has 7 heteroatoms. The molecule has 0 saturated carbocycles. The van der Waals surface area contributed by atoms with Crippen molar-refractivity contribution in [3.05, 3.63) is 92.8 Å². The zero-order valence-corrected chi connectivity index (χ0v) is 25.3. The molecule has 0 saturated heterocycles. The average molecular weight is 576 g/mol. The van der Waals surface area contributed by atoms with Crippen molar-refractivity contribution >= 4 is 50.9 Å². The fraction of sp³-hybridized carbons (Fsp3) is 0.333. The van der Waals surface area contributed by atoms with Gasteiger partial charge in [-0.2, -0.15) is 4.57 Å². The average Bonchev–Trinajstić information content (AvgIpc) is 3.38. The largest absolute Gasteiger partial charge is 0.481 e. The molecule has 2 aliphatic rings. The van der Waals surface area contributed by atoms with Gasteiger partial charge in [-0.15, -0.1) is 0 Å². The number of aryl methyl sites for hydroxylation is 3. The van der Waals surface area contributed by atoms with Crippen molar-refractivity contribution in [2.45, 2.75) is 60.4 Å². The Morgan fingerprint density at radius 1 is 1.20 bits per heavy atom. The number of benzene rings is 2. The van der Waals surface area contributed by atoms with Gasteiger partial charge in [0, 0.05) is 23.7 Å². The molecule has 40 heavy (non-hydrogen) atoms. The molecule has 0 bridgehead atoms. The predicted molar refractivity (Wildman–Crippen MR) is 165 cm³/mol. The quantitative estimate of drug-likeness (QED) is 0.287. The number of halogens is 1. The lowest BCUT2D eigenvalue weighted by Crippen LogP contribution is -2.33. The Balaban J connectivity index is 1.44. The van der Waals surface area contributed by atoms with Crippen molar-refractivity contribution < 1.29 is 19.2 Å². The lowest BCUT2D eigenvalue weighted by atomic mass is 9.75. The molecule has 1 aliphatic carbocycles. The highest BCUT2D eigenvalue weighted by Gasteiger charge is 2.28. The summed E-state index contributed by atoms with van der Waals surface area (Å²) in [6, 6.07) is 10.0. The van der Waals surface area contributed by atoms with Crippen LogP contribution in [0.15, 0.2) is 71.7 Å². The summed E-state index contributed by atoms with van der Waals surface area (Å²) < 4.78 is 9.81. The van der Waals surface area contributed by atoms with E-state index in [0.717, 1.165) is 25.1 Å². The maximum atomic E-state index is 11.3. The predicted octanol–water partition coefficient (Wildman–Crippen LogP) is 8.38. The number of allylic oxidation sites excluding steroid dienone is 6. The molecule has 208 valence electrons. The molecule has 0 radical (unpaired) electrons. The van der Waals surface area contributed by atoms with E-state index < -0.39 is 5.97 Å². The second-order valence-corrected chi connectivity index (χ2v) is 12.9. The summed E-state index contributed by atoms with van der Waals surface area (Å²) >= 11 is 8.07. The highest BCUT2D eigenvalue weighted by atomic mass is 35.5. The number of rotatable bonds is 7. The molecule has 1 aromatic heterocycles. The lowest BCUT2D eigenvalue weighted by molar-refractivity contribution is -0.665. The number of aliphatic carboxylic acids is 1. The third-order valence-electron chi connectivity index (χ3n) is 7.50. The van der Waals surface area contributed by atoms with E-state index >= 15 is 0 Å². The van der Waals surface area contributed by atoms with Gasteiger partial charge >= 0.3 is 5.97 Å². The van der Waals surface area contributed by atoms with Crippen LogP contribution in [-0.4, -0.2) is 17.6 Å². The number of thiazole rings is 1.